The molecule has 0 heteroatoms. The van der Waals surface area contributed by atoms with E-state index in [2.05, 4.69) is 81.1 Å². The van der Waals surface area contributed by atoms with E-state index in [4.69, 9.17) is 0 Å². The standard InChI is InChI=1S/C20H20/c1-15-14-16(2)20(17(15)3,18-10-6-4-7-11-18)19-12-8-5-9-13-19/h4-13H,2,14H2,1,3H3. The van der Waals surface area contributed by atoms with Crippen molar-refractivity contribution in [2.24, 2.45) is 0 Å². The van der Waals surface area contributed by atoms with Gasteiger partial charge in [0.05, 0.1) is 5.41 Å². The molecule has 0 amide bonds. The van der Waals surface area contributed by atoms with Crippen molar-refractivity contribution in [3.05, 3.63) is 95.1 Å². The molecular weight excluding hydrogens is 240 g/mol. The summed E-state index contributed by atoms with van der Waals surface area (Å²) >= 11 is 0. The summed E-state index contributed by atoms with van der Waals surface area (Å²) in [6.07, 6.45) is 0.996. The first-order valence-corrected chi connectivity index (χ1v) is 7.13. The normalized spacial score (nSPS) is 17.6. The molecule has 1 aliphatic rings. The second-order valence-corrected chi connectivity index (χ2v) is 5.67. The van der Waals surface area contributed by atoms with Crippen molar-refractivity contribution < 1.29 is 0 Å². The Labute approximate surface area is 121 Å². The van der Waals surface area contributed by atoms with Gasteiger partial charge >= 0.3 is 0 Å². The van der Waals surface area contributed by atoms with Gasteiger partial charge in [-0.05, 0) is 31.4 Å². The number of allylic oxidation sites excluding steroid dienone is 3. The predicted octanol–water partition coefficient (Wildman–Crippen LogP) is 5.27. The zero-order chi connectivity index (χ0) is 14.2. The van der Waals surface area contributed by atoms with Gasteiger partial charge in [0.15, 0.2) is 0 Å². The predicted molar refractivity (Wildman–Crippen MR) is 85.8 cm³/mol. The topological polar surface area (TPSA) is 0 Å². The van der Waals surface area contributed by atoms with Crippen molar-refractivity contribution in [1.82, 2.24) is 0 Å². The summed E-state index contributed by atoms with van der Waals surface area (Å²) in [5, 5.41) is 0. The molecule has 0 saturated carbocycles. The van der Waals surface area contributed by atoms with Crippen LogP contribution in [-0.4, -0.2) is 0 Å². The molecule has 1 aliphatic carbocycles. The van der Waals surface area contributed by atoms with Crippen molar-refractivity contribution >= 4 is 0 Å². The summed E-state index contributed by atoms with van der Waals surface area (Å²) in [4.78, 5) is 0. The Balaban J connectivity index is 2.33. The maximum absolute atomic E-state index is 4.42. The zero-order valence-corrected chi connectivity index (χ0v) is 12.2. The molecule has 0 aliphatic heterocycles. The highest BCUT2D eigenvalue weighted by Crippen LogP contribution is 2.52. The SMILES string of the molecule is C=C1CC(C)=C(C)C1(c1ccccc1)c1ccccc1. The first kappa shape index (κ1) is 12.9. The maximum Gasteiger partial charge on any atom is 0.0621 e. The van der Waals surface area contributed by atoms with Crippen molar-refractivity contribution in [2.75, 3.05) is 0 Å². The van der Waals surface area contributed by atoms with E-state index in [0.29, 0.717) is 0 Å². The van der Waals surface area contributed by atoms with Gasteiger partial charge in [-0.15, -0.1) is 0 Å². The molecule has 0 radical (unpaired) electrons. The smallest absolute Gasteiger partial charge is 0.0621 e. The average Bonchev–Trinajstić information content (AvgIpc) is 2.72. The molecule has 0 fully saturated rings. The minimum Gasteiger partial charge on any atom is -0.0980 e. The van der Waals surface area contributed by atoms with Crippen LogP contribution >= 0.6 is 0 Å². The first-order valence-electron chi connectivity index (χ1n) is 7.13. The lowest BCUT2D eigenvalue weighted by molar-refractivity contribution is 0.729. The fraction of sp³-hybridized carbons (Fsp3) is 0.200. The molecule has 0 heterocycles. The van der Waals surface area contributed by atoms with Crippen LogP contribution in [0.15, 0.2) is 84.0 Å². The van der Waals surface area contributed by atoms with Gasteiger partial charge in [0, 0.05) is 0 Å². The fourth-order valence-electron chi connectivity index (χ4n) is 3.55. The van der Waals surface area contributed by atoms with E-state index in [1.54, 1.807) is 0 Å². The Morgan fingerprint density at radius 2 is 1.25 bits per heavy atom. The summed E-state index contributed by atoms with van der Waals surface area (Å²) in [7, 11) is 0. The quantitative estimate of drug-likeness (QED) is 0.645. The van der Waals surface area contributed by atoms with Crippen LogP contribution < -0.4 is 0 Å². The molecule has 3 rings (SSSR count). The van der Waals surface area contributed by atoms with Gasteiger partial charge in [0.1, 0.15) is 0 Å². The highest BCUT2D eigenvalue weighted by atomic mass is 14.4. The highest BCUT2D eigenvalue weighted by Gasteiger charge is 2.43. The molecule has 0 N–H and O–H groups in total. The number of rotatable bonds is 2. The summed E-state index contributed by atoms with van der Waals surface area (Å²) < 4.78 is 0. The second kappa shape index (κ2) is 4.79. The van der Waals surface area contributed by atoms with E-state index in [1.165, 1.54) is 27.8 Å². The Morgan fingerprint density at radius 1 is 0.800 bits per heavy atom. The van der Waals surface area contributed by atoms with Crippen LogP contribution in [-0.2, 0) is 5.41 Å². The van der Waals surface area contributed by atoms with Gasteiger partial charge in [-0.3, -0.25) is 0 Å². The third-order valence-corrected chi connectivity index (χ3v) is 4.63. The lowest BCUT2D eigenvalue weighted by Crippen LogP contribution is -2.28. The third kappa shape index (κ3) is 1.68. The Morgan fingerprint density at radius 3 is 1.60 bits per heavy atom. The van der Waals surface area contributed by atoms with Gasteiger partial charge in [-0.25, -0.2) is 0 Å². The van der Waals surface area contributed by atoms with E-state index >= 15 is 0 Å². The summed E-state index contributed by atoms with van der Waals surface area (Å²) in [5.41, 5.74) is 6.66. The molecule has 0 unspecified atom stereocenters. The molecule has 0 aromatic heterocycles. The first-order chi connectivity index (χ1) is 9.67. The monoisotopic (exact) mass is 260 g/mol. The van der Waals surface area contributed by atoms with Crippen LogP contribution in [0.25, 0.3) is 0 Å². The zero-order valence-electron chi connectivity index (χ0n) is 12.2. The highest BCUT2D eigenvalue weighted by molar-refractivity contribution is 5.61. The molecule has 0 bridgehead atoms. The van der Waals surface area contributed by atoms with Crippen LogP contribution in [0.4, 0.5) is 0 Å². The average molecular weight is 260 g/mol. The Kier molecular flexibility index (Phi) is 3.10. The van der Waals surface area contributed by atoms with Gasteiger partial charge in [0.25, 0.3) is 0 Å². The number of benzene rings is 2. The van der Waals surface area contributed by atoms with Crippen LogP contribution in [0.2, 0.25) is 0 Å². The fourth-order valence-corrected chi connectivity index (χ4v) is 3.55. The maximum atomic E-state index is 4.42. The van der Waals surface area contributed by atoms with E-state index in [9.17, 15) is 0 Å². The molecule has 2 aromatic rings. The summed E-state index contributed by atoms with van der Waals surface area (Å²) in [5.74, 6) is 0. The Hall–Kier alpha value is -2.08. The van der Waals surface area contributed by atoms with Crippen LogP contribution in [0, 0.1) is 0 Å². The molecule has 2 aromatic carbocycles. The van der Waals surface area contributed by atoms with Crippen LogP contribution in [0.5, 0.6) is 0 Å². The minimum absolute atomic E-state index is 0.146. The van der Waals surface area contributed by atoms with Crippen LogP contribution in [0.1, 0.15) is 31.4 Å². The van der Waals surface area contributed by atoms with Gasteiger partial charge < -0.3 is 0 Å². The molecule has 0 spiro atoms. The van der Waals surface area contributed by atoms with Gasteiger partial charge in [-0.1, -0.05) is 84.0 Å². The van der Waals surface area contributed by atoms with Gasteiger partial charge in [-0.2, -0.15) is 0 Å². The van der Waals surface area contributed by atoms with Crippen LogP contribution in [0.3, 0.4) is 0 Å². The minimum atomic E-state index is -0.146. The molecular formula is C20H20. The lowest BCUT2D eigenvalue weighted by Gasteiger charge is -2.34. The van der Waals surface area contributed by atoms with E-state index < -0.39 is 0 Å². The molecule has 0 atom stereocenters. The lowest BCUT2D eigenvalue weighted by atomic mass is 9.68. The molecule has 100 valence electrons. The van der Waals surface area contributed by atoms with E-state index in [1.807, 2.05) is 0 Å². The number of hydrogen-bond acceptors (Lipinski definition) is 0. The van der Waals surface area contributed by atoms with E-state index in [0.717, 1.165) is 6.42 Å². The number of hydrogen-bond donors (Lipinski definition) is 0. The van der Waals surface area contributed by atoms with Crippen molar-refractivity contribution in [1.29, 1.82) is 0 Å². The van der Waals surface area contributed by atoms with Gasteiger partial charge in [0.2, 0.25) is 0 Å². The van der Waals surface area contributed by atoms with E-state index in [-0.39, 0.29) is 5.41 Å². The summed E-state index contributed by atoms with van der Waals surface area (Å²) in [6.45, 7) is 8.91. The van der Waals surface area contributed by atoms with Crippen molar-refractivity contribution in [2.45, 2.75) is 25.7 Å². The summed E-state index contributed by atoms with van der Waals surface area (Å²) in [6, 6.07) is 21.5. The Bertz CT molecular complexity index is 620. The third-order valence-electron chi connectivity index (χ3n) is 4.63. The molecule has 20 heavy (non-hydrogen) atoms. The molecule has 0 saturated heterocycles. The second-order valence-electron chi connectivity index (χ2n) is 5.67. The van der Waals surface area contributed by atoms with Crippen molar-refractivity contribution in [3.8, 4) is 0 Å². The van der Waals surface area contributed by atoms with Crippen molar-refractivity contribution in [3.63, 3.8) is 0 Å². The largest absolute Gasteiger partial charge is 0.0980 e. The molecule has 0 nitrogen and oxygen atoms in total.